The average molecular weight is 291 g/mol. The van der Waals surface area contributed by atoms with E-state index in [9.17, 15) is 9.59 Å². The minimum Gasteiger partial charge on any atom is -0.396 e. The fraction of sp³-hybridized carbons (Fsp3) is 0.833. The molecule has 0 aliphatic carbocycles. The van der Waals surface area contributed by atoms with Crippen LogP contribution in [0.15, 0.2) is 0 Å². The predicted molar refractivity (Wildman–Crippen MR) is 78.1 cm³/mol. The van der Waals surface area contributed by atoms with Gasteiger partial charge >= 0.3 is 6.03 Å². The number of urea groups is 1. The summed E-state index contributed by atoms with van der Waals surface area (Å²) >= 11 is 1.62. The number of nitrogens with two attached hydrogens (primary N) is 1. The average Bonchev–Trinajstić information content (AvgIpc) is 2.37. The van der Waals surface area contributed by atoms with Gasteiger partial charge in [0.1, 0.15) is 6.04 Å². The normalized spacial score (nSPS) is 11.9. The first-order valence-electron chi connectivity index (χ1n) is 6.55. The number of hydrogen-bond acceptors (Lipinski definition) is 4. The highest BCUT2D eigenvalue weighted by atomic mass is 32.2. The lowest BCUT2D eigenvalue weighted by Crippen LogP contribution is -2.49. The van der Waals surface area contributed by atoms with Gasteiger partial charge in [-0.15, -0.1) is 0 Å². The first-order valence-corrected chi connectivity index (χ1v) is 7.94. The number of hydrogen-bond donors (Lipinski definition) is 4. The van der Waals surface area contributed by atoms with Crippen molar-refractivity contribution in [1.29, 1.82) is 0 Å². The molecule has 19 heavy (non-hydrogen) atoms. The molecule has 6 nitrogen and oxygen atoms in total. The van der Waals surface area contributed by atoms with Crippen LogP contribution in [0.1, 0.15) is 32.1 Å². The van der Waals surface area contributed by atoms with Crippen molar-refractivity contribution in [2.75, 3.05) is 25.2 Å². The van der Waals surface area contributed by atoms with Crippen LogP contribution in [0, 0.1) is 0 Å². The fourth-order valence-electron chi connectivity index (χ4n) is 1.60. The van der Waals surface area contributed by atoms with Crippen LogP contribution in [-0.4, -0.2) is 48.2 Å². The second-order valence-electron chi connectivity index (χ2n) is 4.27. The van der Waals surface area contributed by atoms with E-state index in [4.69, 9.17) is 10.8 Å². The molecule has 0 heterocycles. The molecule has 1 atom stereocenters. The van der Waals surface area contributed by atoms with Crippen LogP contribution in [-0.2, 0) is 4.79 Å². The topological polar surface area (TPSA) is 104 Å². The second-order valence-corrected chi connectivity index (χ2v) is 5.26. The number of aliphatic hydroxyl groups excluding tert-OH is 1. The van der Waals surface area contributed by atoms with Crippen molar-refractivity contribution < 1.29 is 14.7 Å². The summed E-state index contributed by atoms with van der Waals surface area (Å²) in [6.07, 6.45) is 6.12. The van der Waals surface area contributed by atoms with E-state index >= 15 is 0 Å². The molecule has 1 unspecified atom stereocenters. The van der Waals surface area contributed by atoms with Crippen LogP contribution in [0.2, 0.25) is 0 Å². The SMILES string of the molecule is CSCCC(NC(N)=O)C(=O)NCCCCCCO. The Bertz CT molecular complexity index is 265. The van der Waals surface area contributed by atoms with Gasteiger partial charge in [-0.25, -0.2) is 4.79 Å². The maximum absolute atomic E-state index is 11.8. The Balaban J connectivity index is 3.86. The third-order valence-corrected chi connectivity index (χ3v) is 3.27. The number of primary amides is 1. The highest BCUT2D eigenvalue weighted by molar-refractivity contribution is 7.98. The molecule has 7 heteroatoms. The standard InChI is InChI=1S/C12H25N3O3S/c1-19-9-6-10(15-12(13)18)11(17)14-7-4-2-3-5-8-16/h10,16H,2-9H2,1H3,(H,14,17)(H3,13,15,18). The molecule has 0 rings (SSSR count). The van der Waals surface area contributed by atoms with Gasteiger partial charge < -0.3 is 21.5 Å². The molecule has 0 aromatic rings. The van der Waals surface area contributed by atoms with Gasteiger partial charge in [0.15, 0.2) is 0 Å². The third-order valence-electron chi connectivity index (χ3n) is 2.63. The van der Waals surface area contributed by atoms with E-state index in [1.807, 2.05) is 6.26 Å². The predicted octanol–water partition coefficient (Wildman–Crippen LogP) is 0.445. The van der Waals surface area contributed by atoms with E-state index in [2.05, 4.69) is 10.6 Å². The monoisotopic (exact) mass is 291 g/mol. The molecule has 0 aliphatic heterocycles. The summed E-state index contributed by atoms with van der Waals surface area (Å²) in [6.45, 7) is 0.798. The lowest BCUT2D eigenvalue weighted by molar-refractivity contribution is -0.122. The number of carbonyl (C=O) groups excluding carboxylic acids is 2. The zero-order chi connectivity index (χ0) is 14.5. The van der Waals surface area contributed by atoms with Gasteiger partial charge in [-0.3, -0.25) is 4.79 Å². The first-order chi connectivity index (χ1) is 9.11. The quantitative estimate of drug-likeness (QED) is 0.415. The fourth-order valence-corrected chi connectivity index (χ4v) is 2.07. The Kier molecular flexibility index (Phi) is 11.5. The van der Waals surface area contributed by atoms with Crippen molar-refractivity contribution in [3.63, 3.8) is 0 Å². The van der Waals surface area contributed by atoms with Crippen molar-refractivity contribution >= 4 is 23.7 Å². The number of unbranched alkanes of at least 4 members (excludes halogenated alkanes) is 3. The van der Waals surface area contributed by atoms with Crippen LogP contribution >= 0.6 is 11.8 Å². The molecule has 5 N–H and O–H groups in total. The summed E-state index contributed by atoms with van der Waals surface area (Å²) in [6, 6.07) is -1.23. The van der Waals surface area contributed by atoms with Gasteiger partial charge in [-0.05, 0) is 31.3 Å². The Morgan fingerprint density at radius 3 is 2.53 bits per heavy atom. The van der Waals surface area contributed by atoms with Crippen LogP contribution in [0.4, 0.5) is 4.79 Å². The van der Waals surface area contributed by atoms with Gasteiger partial charge in [0.05, 0.1) is 0 Å². The van der Waals surface area contributed by atoms with Crippen LogP contribution in [0.3, 0.4) is 0 Å². The number of aliphatic hydroxyl groups is 1. The second kappa shape index (κ2) is 12.1. The van der Waals surface area contributed by atoms with Crippen LogP contribution in [0.5, 0.6) is 0 Å². The highest BCUT2D eigenvalue weighted by Gasteiger charge is 2.18. The van der Waals surface area contributed by atoms with E-state index in [0.29, 0.717) is 13.0 Å². The molecule has 0 radical (unpaired) electrons. The van der Waals surface area contributed by atoms with Gasteiger partial charge in [0.2, 0.25) is 5.91 Å². The van der Waals surface area contributed by atoms with Crippen molar-refractivity contribution in [3.05, 3.63) is 0 Å². The number of nitrogens with one attached hydrogen (secondary N) is 2. The molecule has 0 aliphatic rings. The number of carbonyl (C=O) groups is 2. The van der Waals surface area contributed by atoms with E-state index < -0.39 is 12.1 Å². The molecule has 0 aromatic heterocycles. The zero-order valence-corrected chi connectivity index (χ0v) is 12.3. The third kappa shape index (κ3) is 10.6. The molecule has 112 valence electrons. The van der Waals surface area contributed by atoms with E-state index in [0.717, 1.165) is 31.4 Å². The van der Waals surface area contributed by atoms with E-state index in [-0.39, 0.29) is 12.5 Å². The molecule has 0 spiro atoms. The van der Waals surface area contributed by atoms with Gasteiger partial charge in [-0.1, -0.05) is 12.8 Å². The van der Waals surface area contributed by atoms with Gasteiger partial charge in [0.25, 0.3) is 0 Å². The summed E-state index contributed by atoms with van der Waals surface area (Å²) < 4.78 is 0. The maximum Gasteiger partial charge on any atom is 0.312 e. The molecule has 0 aromatic carbocycles. The van der Waals surface area contributed by atoms with Crippen molar-refractivity contribution in [3.8, 4) is 0 Å². The molecular formula is C12H25N3O3S. The Morgan fingerprint density at radius 1 is 1.26 bits per heavy atom. The lowest BCUT2D eigenvalue weighted by atomic mass is 10.2. The minimum atomic E-state index is -0.677. The molecule has 3 amide bonds. The number of thioether (sulfide) groups is 1. The molecule has 0 saturated carbocycles. The largest absolute Gasteiger partial charge is 0.396 e. The Hall–Kier alpha value is -0.950. The van der Waals surface area contributed by atoms with Gasteiger partial charge in [0, 0.05) is 13.2 Å². The molecule has 0 saturated heterocycles. The zero-order valence-electron chi connectivity index (χ0n) is 11.5. The van der Waals surface area contributed by atoms with Crippen LogP contribution < -0.4 is 16.4 Å². The summed E-state index contributed by atoms with van der Waals surface area (Å²) in [5, 5.41) is 13.9. The van der Waals surface area contributed by atoms with Crippen molar-refractivity contribution in [2.24, 2.45) is 5.73 Å². The minimum absolute atomic E-state index is 0.185. The summed E-state index contributed by atoms with van der Waals surface area (Å²) in [5.41, 5.74) is 5.05. The summed E-state index contributed by atoms with van der Waals surface area (Å²) in [5.74, 6) is 0.601. The van der Waals surface area contributed by atoms with Gasteiger partial charge in [-0.2, -0.15) is 11.8 Å². The molecule has 0 bridgehead atoms. The Morgan fingerprint density at radius 2 is 1.95 bits per heavy atom. The smallest absolute Gasteiger partial charge is 0.312 e. The number of amides is 3. The molecular weight excluding hydrogens is 266 g/mol. The molecule has 0 fully saturated rings. The lowest BCUT2D eigenvalue weighted by Gasteiger charge is -2.16. The highest BCUT2D eigenvalue weighted by Crippen LogP contribution is 2.02. The maximum atomic E-state index is 11.8. The van der Waals surface area contributed by atoms with Crippen LogP contribution in [0.25, 0.3) is 0 Å². The summed E-state index contributed by atoms with van der Waals surface area (Å²) in [7, 11) is 0. The summed E-state index contributed by atoms with van der Waals surface area (Å²) in [4.78, 5) is 22.7. The van der Waals surface area contributed by atoms with Crippen molar-refractivity contribution in [1.82, 2.24) is 10.6 Å². The number of rotatable bonds is 11. The van der Waals surface area contributed by atoms with Crippen molar-refractivity contribution in [2.45, 2.75) is 38.1 Å². The van der Waals surface area contributed by atoms with E-state index in [1.54, 1.807) is 11.8 Å². The Labute approximate surface area is 118 Å². The first kappa shape index (κ1) is 18.0. The van der Waals surface area contributed by atoms with E-state index in [1.165, 1.54) is 0 Å².